The van der Waals surface area contributed by atoms with Crippen molar-refractivity contribution in [1.82, 2.24) is 9.32 Å². The second kappa shape index (κ2) is 2.92. The Hall–Kier alpha value is -0.440. The normalized spacial score (nSPS) is 13.6. The zero-order valence-corrected chi connectivity index (χ0v) is 5.82. The highest BCUT2D eigenvalue weighted by Gasteiger charge is 2.01. The van der Waals surface area contributed by atoms with Crippen LogP contribution in [0.1, 0.15) is 0 Å². The fraction of sp³-hybridized carbons (Fsp3) is 0.250. The molecule has 1 unspecified atom stereocenters. The summed E-state index contributed by atoms with van der Waals surface area (Å²) in [5.74, 6) is 0. The van der Waals surface area contributed by atoms with E-state index in [0.29, 0.717) is 0 Å². The maximum absolute atomic E-state index is 8.98. The van der Waals surface area contributed by atoms with Gasteiger partial charge >= 0.3 is 0 Å². The Morgan fingerprint density at radius 1 is 1.78 bits per heavy atom. The van der Waals surface area contributed by atoms with Crippen molar-refractivity contribution in [2.75, 3.05) is 7.11 Å². The molecule has 4 nitrogen and oxygen atoms in total. The smallest absolute Gasteiger partial charge is 0.292 e. The number of hydrogen-bond donors (Lipinski definition) is 1. The van der Waals surface area contributed by atoms with E-state index in [9.17, 15) is 0 Å². The molecule has 0 bridgehead atoms. The molecule has 0 aromatic carbocycles. The Morgan fingerprint density at radius 2 is 2.56 bits per heavy atom. The Morgan fingerprint density at radius 3 is 3.00 bits per heavy atom. The van der Waals surface area contributed by atoms with Crippen molar-refractivity contribution >= 4 is 8.53 Å². The van der Waals surface area contributed by atoms with Gasteiger partial charge in [0.2, 0.25) is 0 Å². The largest absolute Gasteiger partial charge is 0.333 e. The van der Waals surface area contributed by atoms with Crippen molar-refractivity contribution in [3.8, 4) is 0 Å². The molecule has 0 aliphatic carbocycles. The fourth-order valence-corrected chi connectivity index (χ4v) is 0.958. The third-order valence-electron chi connectivity index (χ3n) is 0.851. The lowest BCUT2D eigenvalue weighted by Crippen LogP contribution is -1.87. The highest BCUT2D eigenvalue weighted by molar-refractivity contribution is 7.44. The fourth-order valence-electron chi connectivity index (χ4n) is 0.448. The first kappa shape index (κ1) is 6.68. The maximum Gasteiger partial charge on any atom is 0.292 e. The SMILES string of the molecule is COP(O)n1ccnc1. The van der Waals surface area contributed by atoms with Gasteiger partial charge in [0.05, 0.1) is 0 Å². The van der Waals surface area contributed by atoms with Gasteiger partial charge in [0.25, 0.3) is 8.53 Å². The van der Waals surface area contributed by atoms with E-state index >= 15 is 0 Å². The average Bonchev–Trinajstić information content (AvgIpc) is 2.37. The minimum Gasteiger partial charge on any atom is -0.333 e. The summed E-state index contributed by atoms with van der Waals surface area (Å²) >= 11 is 0. The lowest BCUT2D eigenvalue weighted by molar-refractivity contribution is 0.381. The van der Waals surface area contributed by atoms with Crippen LogP contribution in [0.15, 0.2) is 18.7 Å². The van der Waals surface area contributed by atoms with Crippen LogP contribution in [0.25, 0.3) is 0 Å². The molecule has 0 saturated carbocycles. The monoisotopic (exact) mass is 146 g/mol. The van der Waals surface area contributed by atoms with Crippen LogP contribution in [-0.4, -0.2) is 21.3 Å². The molecule has 5 heteroatoms. The summed E-state index contributed by atoms with van der Waals surface area (Å²) in [5.41, 5.74) is 0. The zero-order chi connectivity index (χ0) is 6.69. The molecule has 1 atom stereocenters. The third-order valence-corrected chi connectivity index (χ3v) is 1.81. The molecule has 0 radical (unpaired) electrons. The van der Waals surface area contributed by atoms with Crippen LogP contribution >= 0.6 is 8.53 Å². The van der Waals surface area contributed by atoms with Gasteiger partial charge < -0.3 is 9.42 Å². The Kier molecular flexibility index (Phi) is 2.16. The molecule has 0 saturated heterocycles. The van der Waals surface area contributed by atoms with Gasteiger partial charge in [-0.2, -0.15) is 0 Å². The van der Waals surface area contributed by atoms with Crippen LogP contribution in [0, 0.1) is 0 Å². The third kappa shape index (κ3) is 1.48. The molecular formula is C4H7N2O2P. The van der Waals surface area contributed by atoms with Crippen molar-refractivity contribution in [2.45, 2.75) is 0 Å². The number of imidazole rings is 1. The lowest BCUT2D eigenvalue weighted by Gasteiger charge is -2.04. The van der Waals surface area contributed by atoms with Crippen LogP contribution in [0.5, 0.6) is 0 Å². The quantitative estimate of drug-likeness (QED) is 0.621. The van der Waals surface area contributed by atoms with E-state index in [2.05, 4.69) is 9.51 Å². The summed E-state index contributed by atoms with van der Waals surface area (Å²) in [6.07, 6.45) is 4.75. The molecule has 1 aromatic rings. The van der Waals surface area contributed by atoms with E-state index in [1.807, 2.05) is 0 Å². The van der Waals surface area contributed by atoms with Gasteiger partial charge in [-0.25, -0.2) is 4.98 Å². The molecule has 0 fully saturated rings. The maximum atomic E-state index is 8.98. The van der Waals surface area contributed by atoms with Crippen molar-refractivity contribution in [3.05, 3.63) is 18.7 Å². The molecule has 0 aliphatic heterocycles. The molecule has 1 N–H and O–H groups in total. The minimum absolute atomic E-state index is 1.45. The van der Waals surface area contributed by atoms with Crippen LogP contribution in [0.3, 0.4) is 0 Å². The summed E-state index contributed by atoms with van der Waals surface area (Å²) in [5, 5.41) is 0. The first-order valence-corrected chi connectivity index (χ1v) is 3.52. The van der Waals surface area contributed by atoms with E-state index in [0.717, 1.165) is 0 Å². The molecule has 9 heavy (non-hydrogen) atoms. The summed E-state index contributed by atoms with van der Waals surface area (Å²) < 4.78 is 6.15. The van der Waals surface area contributed by atoms with E-state index < -0.39 is 8.53 Å². The average molecular weight is 146 g/mol. The molecule has 50 valence electrons. The van der Waals surface area contributed by atoms with Crippen LogP contribution in [0.2, 0.25) is 0 Å². The Balaban J connectivity index is 2.65. The Labute approximate surface area is 54.1 Å². The molecule has 0 spiro atoms. The van der Waals surface area contributed by atoms with E-state index in [-0.39, 0.29) is 0 Å². The molecule has 1 aromatic heterocycles. The highest BCUT2D eigenvalue weighted by atomic mass is 31.2. The van der Waals surface area contributed by atoms with E-state index in [4.69, 9.17) is 4.89 Å². The van der Waals surface area contributed by atoms with Crippen molar-refractivity contribution in [1.29, 1.82) is 0 Å². The van der Waals surface area contributed by atoms with Gasteiger partial charge in [-0.3, -0.25) is 4.34 Å². The number of nitrogens with zero attached hydrogens (tertiary/aromatic N) is 2. The number of hydrogen-bond acceptors (Lipinski definition) is 3. The van der Waals surface area contributed by atoms with Crippen LogP contribution in [0.4, 0.5) is 0 Å². The first-order chi connectivity index (χ1) is 4.34. The second-order valence-electron chi connectivity index (χ2n) is 1.38. The van der Waals surface area contributed by atoms with Crippen molar-refractivity contribution in [3.63, 3.8) is 0 Å². The summed E-state index contributed by atoms with van der Waals surface area (Å²) in [6.45, 7) is 0. The van der Waals surface area contributed by atoms with E-state index in [1.165, 1.54) is 17.8 Å². The van der Waals surface area contributed by atoms with Crippen LogP contribution < -0.4 is 0 Å². The summed E-state index contributed by atoms with van der Waals surface area (Å²) in [6, 6.07) is 0. The number of aromatic nitrogens is 2. The molecular weight excluding hydrogens is 139 g/mol. The predicted octanol–water partition coefficient (Wildman–Crippen LogP) is 0.597. The molecule has 0 amide bonds. The first-order valence-electron chi connectivity index (χ1n) is 2.36. The van der Waals surface area contributed by atoms with Crippen molar-refractivity contribution in [2.24, 2.45) is 0 Å². The van der Waals surface area contributed by atoms with Gasteiger partial charge in [-0.05, 0) is 0 Å². The molecule has 1 heterocycles. The topological polar surface area (TPSA) is 47.3 Å². The van der Waals surface area contributed by atoms with Gasteiger partial charge in [0, 0.05) is 19.5 Å². The Bertz CT molecular complexity index is 165. The summed E-state index contributed by atoms with van der Waals surface area (Å²) in [4.78, 5) is 12.7. The van der Waals surface area contributed by atoms with Gasteiger partial charge in [-0.1, -0.05) is 0 Å². The minimum atomic E-state index is -1.48. The molecule has 0 aliphatic rings. The number of rotatable bonds is 2. The predicted molar refractivity (Wildman–Crippen MR) is 33.8 cm³/mol. The van der Waals surface area contributed by atoms with E-state index in [1.54, 1.807) is 12.4 Å². The summed E-state index contributed by atoms with van der Waals surface area (Å²) in [7, 11) is -0.0322. The lowest BCUT2D eigenvalue weighted by atomic mass is 11.0. The second-order valence-corrected chi connectivity index (χ2v) is 2.71. The standard InChI is InChI=1S/C4H7N2O2P/c1-8-9(7)6-3-2-5-4-6/h2-4,7H,1H3. The molecule has 1 rings (SSSR count). The van der Waals surface area contributed by atoms with Gasteiger partial charge in [0.1, 0.15) is 6.33 Å². The van der Waals surface area contributed by atoms with Crippen LogP contribution in [-0.2, 0) is 4.52 Å². The van der Waals surface area contributed by atoms with Crippen molar-refractivity contribution < 1.29 is 9.42 Å². The van der Waals surface area contributed by atoms with Gasteiger partial charge in [0.15, 0.2) is 0 Å². The zero-order valence-electron chi connectivity index (χ0n) is 4.93. The van der Waals surface area contributed by atoms with Gasteiger partial charge in [-0.15, -0.1) is 0 Å². The highest BCUT2D eigenvalue weighted by Crippen LogP contribution is 2.30.